The molecule has 1 N–H and O–H groups in total. The number of carbonyl (C=O) groups excluding carboxylic acids is 1. The van der Waals surface area contributed by atoms with Crippen LogP contribution in [-0.4, -0.2) is 17.2 Å². The Morgan fingerprint density at radius 3 is 2.17 bits per heavy atom. The highest BCUT2D eigenvalue weighted by atomic mass is 32.2. The van der Waals surface area contributed by atoms with Gasteiger partial charge >= 0.3 is 0 Å². The number of carbonyl (C=O) groups is 1. The molecule has 0 aliphatic rings. The predicted molar refractivity (Wildman–Crippen MR) is 79.3 cm³/mol. The topological polar surface area (TPSA) is 29.1 Å². The van der Waals surface area contributed by atoms with Gasteiger partial charge < -0.3 is 5.32 Å². The Bertz CT molecular complexity index is 369. The van der Waals surface area contributed by atoms with E-state index in [0.29, 0.717) is 5.25 Å². The van der Waals surface area contributed by atoms with E-state index in [0.717, 1.165) is 18.4 Å². The van der Waals surface area contributed by atoms with Gasteiger partial charge in [0.2, 0.25) is 0 Å². The third kappa shape index (κ3) is 4.73. The molecule has 0 saturated carbocycles. The highest BCUT2D eigenvalue weighted by molar-refractivity contribution is 7.99. The Morgan fingerprint density at radius 1 is 1.17 bits per heavy atom. The van der Waals surface area contributed by atoms with Crippen LogP contribution in [0.5, 0.6) is 0 Å². The molecule has 0 saturated heterocycles. The molecular weight excluding hydrogens is 242 g/mol. The van der Waals surface area contributed by atoms with Gasteiger partial charge in [0, 0.05) is 21.8 Å². The molecule has 2 nitrogen and oxygen atoms in total. The van der Waals surface area contributed by atoms with Crippen molar-refractivity contribution >= 4 is 17.7 Å². The average molecular weight is 265 g/mol. The van der Waals surface area contributed by atoms with E-state index >= 15 is 0 Å². The summed E-state index contributed by atoms with van der Waals surface area (Å²) in [5.41, 5.74) is 0.745. The van der Waals surface area contributed by atoms with Gasteiger partial charge in [-0.3, -0.25) is 4.79 Å². The highest BCUT2D eigenvalue weighted by Gasteiger charge is 2.10. The first-order chi connectivity index (χ1) is 8.56. The summed E-state index contributed by atoms with van der Waals surface area (Å²) in [4.78, 5) is 13.2. The van der Waals surface area contributed by atoms with Crippen molar-refractivity contribution in [2.24, 2.45) is 0 Å². The van der Waals surface area contributed by atoms with Crippen LogP contribution < -0.4 is 5.32 Å². The number of hydrogen-bond acceptors (Lipinski definition) is 2. The van der Waals surface area contributed by atoms with Crippen molar-refractivity contribution in [1.29, 1.82) is 0 Å². The van der Waals surface area contributed by atoms with E-state index in [1.807, 2.05) is 36.0 Å². The quantitative estimate of drug-likeness (QED) is 0.784. The fourth-order valence-electron chi connectivity index (χ4n) is 1.72. The smallest absolute Gasteiger partial charge is 0.251 e. The van der Waals surface area contributed by atoms with Crippen molar-refractivity contribution in [2.45, 2.75) is 56.7 Å². The molecule has 0 aromatic heterocycles. The third-order valence-corrected chi connectivity index (χ3v) is 3.82. The van der Waals surface area contributed by atoms with Crippen LogP contribution in [0.15, 0.2) is 29.2 Å². The Morgan fingerprint density at radius 2 is 1.72 bits per heavy atom. The normalized spacial score (nSPS) is 11.0. The molecule has 0 heterocycles. The Hall–Kier alpha value is -0.960. The molecule has 18 heavy (non-hydrogen) atoms. The Balaban J connectivity index is 2.64. The molecule has 1 rings (SSSR count). The van der Waals surface area contributed by atoms with Crippen LogP contribution in [0, 0.1) is 0 Å². The van der Waals surface area contributed by atoms with E-state index in [-0.39, 0.29) is 11.9 Å². The Kier molecular flexibility index (Phi) is 6.27. The molecule has 0 aliphatic carbocycles. The number of hydrogen-bond donors (Lipinski definition) is 1. The zero-order valence-electron chi connectivity index (χ0n) is 11.7. The van der Waals surface area contributed by atoms with Crippen molar-refractivity contribution in [3.8, 4) is 0 Å². The van der Waals surface area contributed by atoms with Gasteiger partial charge in [0.1, 0.15) is 0 Å². The highest BCUT2D eigenvalue weighted by Crippen LogP contribution is 2.22. The largest absolute Gasteiger partial charge is 0.349 e. The standard InChI is InChI=1S/C15H23NOS/c1-5-13(6-2)16-15(17)12-7-9-14(10-8-12)18-11(3)4/h7-11,13H,5-6H2,1-4H3,(H,16,17). The van der Waals surface area contributed by atoms with E-state index in [1.54, 1.807) is 0 Å². The van der Waals surface area contributed by atoms with Gasteiger partial charge in [-0.2, -0.15) is 0 Å². The van der Waals surface area contributed by atoms with Crippen molar-refractivity contribution in [2.75, 3.05) is 0 Å². The summed E-state index contributed by atoms with van der Waals surface area (Å²) in [5.74, 6) is 0.0322. The summed E-state index contributed by atoms with van der Waals surface area (Å²) in [7, 11) is 0. The average Bonchev–Trinajstić information content (AvgIpc) is 2.35. The molecule has 0 radical (unpaired) electrons. The Labute approximate surface area is 115 Å². The first-order valence-electron chi connectivity index (χ1n) is 6.64. The number of thioether (sulfide) groups is 1. The maximum absolute atomic E-state index is 12.0. The van der Waals surface area contributed by atoms with Crippen molar-refractivity contribution in [1.82, 2.24) is 5.32 Å². The zero-order chi connectivity index (χ0) is 13.5. The van der Waals surface area contributed by atoms with Crippen molar-refractivity contribution in [3.63, 3.8) is 0 Å². The van der Waals surface area contributed by atoms with Gasteiger partial charge in [-0.05, 0) is 37.1 Å². The fourth-order valence-corrected chi connectivity index (χ4v) is 2.56. The summed E-state index contributed by atoms with van der Waals surface area (Å²) < 4.78 is 0. The van der Waals surface area contributed by atoms with E-state index in [4.69, 9.17) is 0 Å². The lowest BCUT2D eigenvalue weighted by atomic mass is 10.1. The summed E-state index contributed by atoms with van der Waals surface area (Å²) >= 11 is 1.81. The SMILES string of the molecule is CCC(CC)NC(=O)c1ccc(SC(C)C)cc1. The fraction of sp³-hybridized carbons (Fsp3) is 0.533. The lowest BCUT2D eigenvalue weighted by Gasteiger charge is -2.14. The summed E-state index contributed by atoms with van der Waals surface area (Å²) in [6.45, 7) is 8.52. The predicted octanol–water partition coefficient (Wildman–Crippen LogP) is 4.11. The molecular formula is C15H23NOS. The van der Waals surface area contributed by atoms with Crippen molar-refractivity contribution < 1.29 is 4.79 Å². The molecule has 0 fully saturated rings. The molecule has 0 spiro atoms. The van der Waals surface area contributed by atoms with Gasteiger partial charge in [0.25, 0.3) is 5.91 Å². The monoisotopic (exact) mass is 265 g/mol. The summed E-state index contributed by atoms with van der Waals surface area (Å²) in [6, 6.07) is 8.13. The summed E-state index contributed by atoms with van der Waals surface area (Å²) in [6.07, 6.45) is 1.95. The lowest BCUT2D eigenvalue weighted by Crippen LogP contribution is -2.33. The lowest BCUT2D eigenvalue weighted by molar-refractivity contribution is 0.0935. The van der Waals surface area contributed by atoms with Crippen LogP contribution in [0.3, 0.4) is 0 Å². The molecule has 0 bridgehead atoms. The van der Waals surface area contributed by atoms with E-state index < -0.39 is 0 Å². The van der Waals surface area contributed by atoms with E-state index in [1.165, 1.54) is 4.90 Å². The molecule has 0 unspecified atom stereocenters. The molecule has 1 aromatic carbocycles. The van der Waals surface area contributed by atoms with Gasteiger partial charge in [-0.15, -0.1) is 11.8 Å². The van der Waals surface area contributed by atoms with E-state index in [9.17, 15) is 4.79 Å². The number of nitrogens with one attached hydrogen (secondary N) is 1. The minimum Gasteiger partial charge on any atom is -0.349 e. The minimum atomic E-state index is 0.0322. The number of benzene rings is 1. The number of rotatable bonds is 6. The zero-order valence-corrected chi connectivity index (χ0v) is 12.5. The van der Waals surface area contributed by atoms with Crippen LogP contribution in [-0.2, 0) is 0 Å². The van der Waals surface area contributed by atoms with E-state index in [2.05, 4.69) is 33.0 Å². The van der Waals surface area contributed by atoms with Crippen LogP contribution in [0.25, 0.3) is 0 Å². The van der Waals surface area contributed by atoms with Crippen LogP contribution in [0.4, 0.5) is 0 Å². The molecule has 0 atom stereocenters. The second kappa shape index (κ2) is 7.47. The van der Waals surface area contributed by atoms with Gasteiger partial charge in [-0.25, -0.2) is 0 Å². The van der Waals surface area contributed by atoms with Crippen molar-refractivity contribution in [3.05, 3.63) is 29.8 Å². The van der Waals surface area contributed by atoms with Gasteiger partial charge in [-0.1, -0.05) is 27.7 Å². The minimum absolute atomic E-state index is 0.0322. The second-order valence-corrected chi connectivity index (χ2v) is 6.33. The second-order valence-electron chi connectivity index (χ2n) is 4.68. The first-order valence-corrected chi connectivity index (χ1v) is 7.52. The first kappa shape index (κ1) is 15.1. The maximum atomic E-state index is 12.0. The number of amides is 1. The van der Waals surface area contributed by atoms with Crippen LogP contribution >= 0.6 is 11.8 Å². The van der Waals surface area contributed by atoms with Gasteiger partial charge in [0.15, 0.2) is 0 Å². The molecule has 0 aliphatic heterocycles. The summed E-state index contributed by atoms with van der Waals surface area (Å²) in [5, 5.41) is 3.61. The molecule has 3 heteroatoms. The van der Waals surface area contributed by atoms with Gasteiger partial charge in [0.05, 0.1) is 0 Å². The molecule has 1 aromatic rings. The third-order valence-electron chi connectivity index (χ3n) is 2.81. The van der Waals surface area contributed by atoms with Crippen LogP contribution in [0.2, 0.25) is 0 Å². The molecule has 1 amide bonds. The maximum Gasteiger partial charge on any atom is 0.251 e. The molecule has 100 valence electrons. The van der Waals surface area contributed by atoms with Crippen LogP contribution in [0.1, 0.15) is 50.9 Å².